The van der Waals surface area contributed by atoms with E-state index in [1.807, 2.05) is 37.3 Å². The van der Waals surface area contributed by atoms with Crippen LogP contribution in [0.2, 0.25) is 0 Å². The van der Waals surface area contributed by atoms with E-state index in [2.05, 4.69) is 0 Å². The van der Waals surface area contributed by atoms with Crippen LogP contribution < -0.4 is 0 Å². The highest BCUT2D eigenvalue weighted by molar-refractivity contribution is 6.24. The van der Waals surface area contributed by atoms with E-state index in [1.165, 1.54) is 12.1 Å². The van der Waals surface area contributed by atoms with Crippen molar-refractivity contribution in [2.45, 2.75) is 6.92 Å². The predicted molar refractivity (Wildman–Crippen MR) is 76.1 cm³/mol. The standard InChI is InChI=1S/C16H13ClF2/c1-11-4-2-3-5-12(11)8-14(10-17)13-6-7-15(18)16(19)9-13/h2-9H,10H2,1H3/b14-8+. The molecule has 0 heterocycles. The molecule has 0 spiro atoms. The van der Waals surface area contributed by atoms with Crippen molar-refractivity contribution in [1.82, 2.24) is 0 Å². The Labute approximate surface area is 116 Å². The lowest BCUT2D eigenvalue weighted by molar-refractivity contribution is 0.508. The van der Waals surface area contributed by atoms with Crippen molar-refractivity contribution in [2.75, 3.05) is 5.88 Å². The van der Waals surface area contributed by atoms with E-state index in [9.17, 15) is 8.78 Å². The third kappa shape index (κ3) is 3.21. The zero-order valence-electron chi connectivity index (χ0n) is 10.5. The van der Waals surface area contributed by atoms with Gasteiger partial charge < -0.3 is 0 Å². The van der Waals surface area contributed by atoms with Gasteiger partial charge >= 0.3 is 0 Å². The lowest BCUT2D eigenvalue weighted by Gasteiger charge is -2.07. The lowest BCUT2D eigenvalue weighted by atomic mass is 10.0. The minimum atomic E-state index is -0.863. The van der Waals surface area contributed by atoms with Crippen LogP contribution in [0.25, 0.3) is 11.6 Å². The first kappa shape index (κ1) is 13.8. The molecule has 3 heteroatoms. The Bertz CT molecular complexity index is 618. The summed E-state index contributed by atoms with van der Waals surface area (Å²) in [5.41, 5.74) is 3.47. The molecule has 0 amide bonds. The molecule has 0 unspecified atom stereocenters. The van der Waals surface area contributed by atoms with Gasteiger partial charge in [-0.05, 0) is 47.4 Å². The third-order valence-corrected chi connectivity index (χ3v) is 3.24. The topological polar surface area (TPSA) is 0 Å². The first-order valence-electron chi connectivity index (χ1n) is 5.89. The maximum absolute atomic E-state index is 13.2. The van der Waals surface area contributed by atoms with Gasteiger partial charge in [0.05, 0.1) is 0 Å². The van der Waals surface area contributed by atoms with Gasteiger partial charge in [0.15, 0.2) is 11.6 Å². The van der Waals surface area contributed by atoms with Crippen LogP contribution in [0.4, 0.5) is 8.78 Å². The van der Waals surface area contributed by atoms with Gasteiger partial charge in [-0.25, -0.2) is 8.78 Å². The molecule has 0 fully saturated rings. The minimum absolute atomic E-state index is 0.236. The number of rotatable bonds is 3. The summed E-state index contributed by atoms with van der Waals surface area (Å²) in [6, 6.07) is 11.6. The molecule has 0 atom stereocenters. The van der Waals surface area contributed by atoms with Gasteiger partial charge in [-0.3, -0.25) is 0 Å². The average Bonchev–Trinajstić information content (AvgIpc) is 2.41. The summed E-state index contributed by atoms with van der Waals surface area (Å²) in [7, 11) is 0. The van der Waals surface area contributed by atoms with E-state index in [0.717, 1.165) is 22.8 Å². The SMILES string of the molecule is Cc1ccccc1/C=C(\CCl)c1ccc(F)c(F)c1. The van der Waals surface area contributed by atoms with E-state index in [-0.39, 0.29) is 5.88 Å². The largest absolute Gasteiger partial charge is 0.204 e. The quantitative estimate of drug-likeness (QED) is 0.544. The van der Waals surface area contributed by atoms with Crippen molar-refractivity contribution < 1.29 is 8.78 Å². The molecule has 0 saturated carbocycles. The number of allylic oxidation sites excluding steroid dienone is 1. The second kappa shape index (κ2) is 5.98. The average molecular weight is 279 g/mol. The Balaban J connectivity index is 2.45. The highest BCUT2D eigenvalue weighted by Crippen LogP contribution is 2.22. The molecule has 0 radical (unpaired) electrons. The van der Waals surface area contributed by atoms with Crippen LogP contribution >= 0.6 is 11.6 Å². The molecule has 0 saturated heterocycles. The minimum Gasteiger partial charge on any atom is -0.204 e. The van der Waals surface area contributed by atoms with Crippen molar-refractivity contribution >= 4 is 23.3 Å². The lowest BCUT2D eigenvalue weighted by Crippen LogP contribution is -1.91. The van der Waals surface area contributed by atoms with Crippen molar-refractivity contribution in [1.29, 1.82) is 0 Å². The highest BCUT2D eigenvalue weighted by atomic mass is 35.5. The molecular weight excluding hydrogens is 266 g/mol. The number of aryl methyl sites for hydroxylation is 1. The van der Waals surface area contributed by atoms with E-state index in [1.54, 1.807) is 0 Å². The van der Waals surface area contributed by atoms with Crippen LogP contribution in [-0.4, -0.2) is 5.88 Å². The van der Waals surface area contributed by atoms with Crippen molar-refractivity contribution in [3.63, 3.8) is 0 Å². The maximum atomic E-state index is 13.2. The smallest absolute Gasteiger partial charge is 0.159 e. The normalized spacial score (nSPS) is 11.7. The summed E-state index contributed by atoms with van der Waals surface area (Å²) in [6.45, 7) is 1.99. The molecule has 0 aliphatic heterocycles. The fourth-order valence-corrected chi connectivity index (χ4v) is 2.06. The van der Waals surface area contributed by atoms with Crippen LogP contribution in [0, 0.1) is 18.6 Å². The van der Waals surface area contributed by atoms with Gasteiger partial charge in [0.1, 0.15) is 0 Å². The Hall–Kier alpha value is -1.67. The zero-order chi connectivity index (χ0) is 13.8. The van der Waals surface area contributed by atoms with Crippen molar-refractivity contribution in [2.24, 2.45) is 0 Å². The molecule has 0 aromatic heterocycles. The summed E-state index contributed by atoms with van der Waals surface area (Å²) >= 11 is 5.91. The predicted octanol–water partition coefficient (Wildman–Crippen LogP) is 5.05. The molecule has 19 heavy (non-hydrogen) atoms. The van der Waals surface area contributed by atoms with Crippen LogP contribution in [-0.2, 0) is 0 Å². The second-order valence-corrected chi connectivity index (χ2v) is 4.56. The molecule has 2 aromatic carbocycles. The van der Waals surface area contributed by atoms with Crippen LogP contribution in [0.3, 0.4) is 0 Å². The first-order chi connectivity index (χ1) is 9.11. The monoisotopic (exact) mass is 278 g/mol. The molecule has 98 valence electrons. The Morgan fingerprint density at radius 2 is 1.84 bits per heavy atom. The Morgan fingerprint density at radius 3 is 2.47 bits per heavy atom. The van der Waals surface area contributed by atoms with Gasteiger partial charge in [0.25, 0.3) is 0 Å². The third-order valence-electron chi connectivity index (χ3n) is 2.95. The summed E-state index contributed by atoms with van der Waals surface area (Å²) in [5, 5.41) is 0. The fourth-order valence-electron chi connectivity index (χ4n) is 1.83. The molecule has 0 aliphatic carbocycles. The number of benzene rings is 2. The van der Waals surface area contributed by atoms with Crippen molar-refractivity contribution in [3.05, 3.63) is 70.8 Å². The fraction of sp³-hybridized carbons (Fsp3) is 0.125. The van der Waals surface area contributed by atoms with Crippen LogP contribution in [0.5, 0.6) is 0 Å². The summed E-state index contributed by atoms with van der Waals surface area (Å²) in [4.78, 5) is 0. The Morgan fingerprint density at radius 1 is 1.11 bits per heavy atom. The number of hydrogen-bond donors (Lipinski definition) is 0. The molecule has 0 bridgehead atoms. The first-order valence-corrected chi connectivity index (χ1v) is 6.43. The van der Waals surface area contributed by atoms with E-state index in [4.69, 9.17) is 11.6 Å². The van der Waals surface area contributed by atoms with Gasteiger partial charge in [0.2, 0.25) is 0 Å². The van der Waals surface area contributed by atoms with Gasteiger partial charge in [-0.2, -0.15) is 0 Å². The van der Waals surface area contributed by atoms with E-state index in [0.29, 0.717) is 5.56 Å². The zero-order valence-corrected chi connectivity index (χ0v) is 11.2. The molecule has 2 aromatic rings. The second-order valence-electron chi connectivity index (χ2n) is 4.29. The van der Waals surface area contributed by atoms with Gasteiger partial charge in [-0.1, -0.05) is 30.3 Å². The number of alkyl halides is 1. The summed E-state index contributed by atoms with van der Waals surface area (Å²) < 4.78 is 26.2. The number of halogens is 3. The number of hydrogen-bond acceptors (Lipinski definition) is 0. The van der Waals surface area contributed by atoms with E-state index < -0.39 is 11.6 Å². The molecular formula is C16H13ClF2. The van der Waals surface area contributed by atoms with Gasteiger partial charge in [-0.15, -0.1) is 11.6 Å². The maximum Gasteiger partial charge on any atom is 0.159 e. The molecule has 0 nitrogen and oxygen atoms in total. The molecule has 0 N–H and O–H groups in total. The molecule has 2 rings (SSSR count). The van der Waals surface area contributed by atoms with Crippen molar-refractivity contribution in [3.8, 4) is 0 Å². The van der Waals surface area contributed by atoms with Crippen LogP contribution in [0.15, 0.2) is 42.5 Å². The summed E-state index contributed by atoms with van der Waals surface area (Å²) in [5.74, 6) is -1.48. The van der Waals surface area contributed by atoms with E-state index >= 15 is 0 Å². The van der Waals surface area contributed by atoms with Gasteiger partial charge in [0, 0.05) is 5.88 Å². The van der Waals surface area contributed by atoms with Crippen LogP contribution in [0.1, 0.15) is 16.7 Å². The highest BCUT2D eigenvalue weighted by Gasteiger charge is 2.07. The molecule has 0 aliphatic rings. The summed E-state index contributed by atoms with van der Waals surface area (Å²) in [6.07, 6.45) is 1.90. The Kier molecular flexibility index (Phi) is 4.33.